The molecule has 3 N–H and O–H groups in total. The second-order valence-electron chi connectivity index (χ2n) is 6.60. The molecule has 6 nitrogen and oxygen atoms in total. The summed E-state index contributed by atoms with van der Waals surface area (Å²) in [4.78, 5) is 11.3. The van der Waals surface area contributed by atoms with Crippen molar-refractivity contribution >= 4 is 16.0 Å². The molecule has 1 aliphatic rings. The highest BCUT2D eigenvalue weighted by Gasteiger charge is 2.28. The van der Waals surface area contributed by atoms with E-state index in [9.17, 15) is 18.3 Å². The second-order valence-corrected chi connectivity index (χ2v) is 8.31. The van der Waals surface area contributed by atoms with Gasteiger partial charge in [0.1, 0.15) is 0 Å². The topological polar surface area (TPSA) is 104 Å². The molecular formula is C19H21NO5S. The molecule has 2 atom stereocenters. The number of fused-ring (bicyclic) bond motifs is 1. The number of benzene rings is 2. The van der Waals surface area contributed by atoms with Crippen LogP contribution in [0.5, 0.6) is 0 Å². The maximum atomic E-state index is 12.6. The molecule has 0 aromatic heterocycles. The molecule has 0 fully saturated rings. The summed E-state index contributed by atoms with van der Waals surface area (Å²) in [6.45, 7) is 1.89. The van der Waals surface area contributed by atoms with Gasteiger partial charge in [-0.15, -0.1) is 0 Å². The van der Waals surface area contributed by atoms with E-state index in [4.69, 9.17) is 5.11 Å². The second kappa shape index (κ2) is 7.19. The maximum Gasteiger partial charge on any atom is 0.337 e. The molecular weight excluding hydrogens is 354 g/mol. The summed E-state index contributed by atoms with van der Waals surface area (Å²) in [5, 5.41) is 18.9. The molecule has 2 unspecified atom stereocenters. The molecule has 0 saturated heterocycles. The minimum atomic E-state index is -3.61. The minimum Gasteiger partial charge on any atom is -0.479 e. The van der Waals surface area contributed by atoms with E-state index in [1.165, 1.54) is 0 Å². The number of carboxylic acids is 1. The molecule has 2 aromatic rings. The monoisotopic (exact) mass is 375 g/mol. The Morgan fingerprint density at radius 2 is 1.88 bits per heavy atom. The van der Waals surface area contributed by atoms with Gasteiger partial charge < -0.3 is 10.2 Å². The molecule has 0 saturated carbocycles. The number of rotatable bonds is 5. The third-order valence-electron chi connectivity index (χ3n) is 4.70. The molecule has 138 valence electrons. The van der Waals surface area contributed by atoms with Crippen LogP contribution in [0.15, 0.2) is 47.4 Å². The van der Waals surface area contributed by atoms with Crippen molar-refractivity contribution in [1.82, 2.24) is 4.72 Å². The van der Waals surface area contributed by atoms with Gasteiger partial charge in [0, 0.05) is 6.04 Å². The van der Waals surface area contributed by atoms with Gasteiger partial charge in [-0.25, -0.2) is 17.9 Å². The van der Waals surface area contributed by atoms with Crippen molar-refractivity contribution in [3.8, 4) is 0 Å². The molecule has 0 aliphatic heterocycles. The summed E-state index contributed by atoms with van der Waals surface area (Å²) in [5.74, 6) is -1.29. The van der Waals surface area contributed by atoms with Crippen molar-refractivity contribution in [2.24, 2.45) is 0 Å². The van der Waals surface area contributed by atoms with Gasteiger partial charge in [-0.3, -0.25) is 0 Å². The van der Waals surface area contributed by atoms with Crippen LogP contribution in [0.3, 0.4) is 0 Å². The van der Waals surface area contributed by atoms with Gasteiger partial charge in [-0.05, 0) is 55.0 Å². The number of aryl methyl sites for hydroxylation is 1. The fourth-order valence-corrected chi connectivity index (χ4v) is 4.60. The predicted molar refractivity (Wildman–Crippen MR) is 96.4 cm³/mol. The Morgan fingerprint density at radius 3 is 2.54 bits per heavy atom. The van der Waals surface area contributed by atoms with Crippen molar-refractivity contribution < 1.29 is 23.4 Å². The first-order valence-corrected chi connectivity index (χ1v) is 9.87. The molecule has 2 aromatic carbocycles. The number of aliphatic hydroxyl groups excluding tert-OH is 1. The maximum absolute atomic E-state index is 12.6. The highest BCUT2D eigenvalue weighted by Crippen LogP contribution is 2.29. The molecule has 0 spiro atoms. The lowest BCUT2D eigenvalue weighted by Crippen LogP contribution is -2.39. The number of nitrogens with one attached hydrogen (secondary N) is 1. The van der Waals surface area contributed by atoms with Gasteiger partial charge in [0.2, 0.25) is 10.0 Å². The van der Waals surface area contributed by atoms with E-state index < -0.39 is 22.1 Å². The Bertz CT molecular complexity index is 921. The normalized spacial score (nSPS) is 18.2. The first kappa shape index (κ1) is 18.6. The fraction of sp³-hybridized carbons (Fsp3) is 0.316. The third-order valence-corrected chi connectivity index (χ3v) is 6.24. The summed E-state index contributed by atoms with van der Waals surface area (Å²) in [6, 6.07) is 11.5. The standard InChI is InChI=1S/C19H21NO5S/c1-12-5-8-15(9-6-12)26(24,25)20-14-7-10-16-13(11-14)3-2-4-17(16)18(21)19(22)23/h2-6,8-9,14,18,20-21H,7,10-11H2,1H3,(H,22,23). The quantitative estimate of drug-likeness (QED) is 0.741. The lowest BCUT2D eigenvalue weighted by atomic mass is 9.84. The minimum absolute atomic E-state index is 0.226. The zero-order valence-corrected chi connectivity index (χ0v) is 15.2. The first-order chi connectivity index (χ1) is 12.3. The van der Waals surface area contributed by atoms with Crippen LogP contribution in [0, 0.1) is 6.92 Å². The highest BCUT2D eigenvalue weighted by molar-refractivity contribution is 7.89. The molecule has 0 bridgehead atoms. The zero-order chi connectivity index (χ0) is 18.9. The van der Waals surface area contributed by atoms with Crippen LogP contribution < -0.4 is 4.72 Å². The van der Waals surface area contributed by atoms with E-state index in [1.807, 2.05) is 13.0 Å². The van der Waals surface area contributed by atoms with Crippen molar-refractivity contribution in [3.05, 3.63) is 64.7 Å². The summed E-state index contributed by atoms with van der Waals surface area (Å²) in [7, 11) is -3.61. The molecule has 0 amide bonds. The number of carboxylic acid groups (broad SMARTS) is 1. The fourth-order valence-electron chi connectivity index (χ4n) is 3.33. The number of hydrogen-bond acceptors (Lipinski definition) is 4. The van der Waals surface area contributed by atoms with E-state index >= 15 is 0 Å². The van der Waals surface area contributed by atoms with Crippen molar-refractivity contribution in [2.45, 2.75) is 43.2 Å². The van der Waals surface area contributed by atoms with Gasteiger partial charge in [0.15, 0.2) is 6.10 Å². The molecule has 1 aliphatic carbocycles. The highest BCUT2D eigenvalue weighted by atomic mass is 32.2. The SMILES string of the molecule is Cc1ccc(S(=O)(=O)NC2CCc3c(cccc3C(O)C(=O)O)C2)cc1. The van der Waals surface area contributed by atoms with E-state index in [0.717, 1.165) is 16.7 Å². The largest absolute Gasteiger partial charge is 0.479 e. The first-order valence-electron chi connectivity index (χ1n) is 8.38. The van der Waals surface area contributed by atoms with Crippen LogP contribution in [0.1, 0.15) is 34.8 Å². The Kier molecular flexibility index (Phi) is 5.13. The predicted octanol–water partition coefficient (Wildman–Crippen LogP) is 1.95. The molecule has 0 radical (unpaired) electrons. The number of carbonyl (C=O) groups is 1. The summed E-state index contributed by atoms with van der Waals surface area (Å²) in [6.07, 6.45) is -0.0512. The summed E-state index contributed by atoms with van der Waals surface area (Å²) in [5.41, 5.74) is 3.04. The van der Waals surface area contributed by atoms with Crippen LogP contribution in [-0.2, 0) is 27.7 Å². The molecule has 0 heterocycles. The van der Waals surface area contributed by atoms with Crippen LogP contribution in [0.25, 0.3) is 0 Å². The summed E-state index contributed by atoms with van der Waals surface area (Å²) < 4.78 is 27.9. The van der Waals surface area contributed by atoms with Crippen LogP contribution in [-0.4, -0.2) is 30.6 Å². The van der Waals surface area contributed by atoms with Crippen molar-refractivity contribution in [1.29, 1.82) is 0 Å². The average molecular weight is 375 g/mol. The van der Waals surface area contributed by atoms with Gasteiger partial charge >= 0.3 is 5.97 Å². The number of hydrogen-bond donors (Lipinski definition) is 3. The van der Waals surface area contributed by atoms with E-state index in [1.54, 1.807) is 36.4 Å². The van der Waals surface area contributed by atoms with Crippen LogP contribution >= 0.6 is 0 Å². The Balaban J connectivity index is 1.80. The number of sulfonamides is 1. The Hall–Kier alpha value is -2.22. The lowest BCUT2D eigenvalue weighted by molar-refractivity contribution is -0.147. The van der Waals surface area contributed by atoms with Gasteiger partial charge in [-0.2, -0.15) is 0 Å². The van der Waals surface area contributed by atoms with Crippen molar-refractivity contribution in [3.63, 3.8) is 0 Å². The lowest BCUT2D eigenvalue weighted by Gasteiger charge is -2.27. The number of aliphatic hydroxyl groups is 1. The van der Waals surface area contributed by atoms with Gasteiger partial charge in [0.05, 0.1) is 4.90 Å². The molecule has 26 heavy (non-hydrogen) atoms. The van der Waals surface area contributed by atoms with Gasteiger partial charge in [-0.1, -0.05) is 35.9 Å². The third kappa shape index (κ3) is 3.80. The zero-order valence-electron chi connectivity index (χ0n) is 14.3. The van der Waals surface area contributed by atoms with E-state index in [0.29, 0.717) is 24.8 Å². The molecule has 7 heteroatoms. The Labute approximate surface area is 152 Å². The molecule has 3 rings (SSSR count). The number of aliphatic carboxylic acids is 1. The Morgan fingerprint density at radius 1 is 1.19 bits per heavy atom. The van der Waals surface area contributed by atoms with Crippen LogP contribution in [0.2, 0.25) is 0 Å². The average Bonchev–Trinajstić information content (AvgIpc) is 2.60. The smallest absolute Gasteiger partial charge is 0.337 e. The van der Waals surface area contributed by atoms with Crippen LogP contribution in [0.4, 0.5) is 0 Å². The van der Waals surface area contributed by atoms with E-state index in [-0.39, 0.29) is 10.9 Å². The summed E-state index contributed by atoms with van der Waals surface area (Å²) >= 11 is 0. The van der Waals surface area contributed by atoms with Gasteiger partial charge in [0.25, 0.3) is 0 Å². The van der Waals surface area contributed by atoms with Crippen molar-refractivity contribution in [2.75, 3.05) is 0 Å². The van der Waals surface area contributed by atoms with E-state index in [2.05, 4.69) is 4.72 Å².